The Morgan fingerprint density at radius 1 is 1.56 bits per heavy atom. The van der Waals surface area contributed by atoms with Gasteiger partial charge in [0.2, 0.25) is 0 Å². The van der Waals surface area contributed by atoms with Gasteiger partial charge >= 0.3 is 5.97 Å². The van der Waals surface area contributed by atoms with Crippen molar-refractivity contribution in [2.24, 2.45) is 5.92 Å². The molecule has 1 aliphatic rings. The average Bonchev–Trinajstić information content (AvgIpc) is 3.08. The SMILES string of the molecule is O=C(O)C(Nc1cc(Br)ccc1[N+](=O)[O-])C1CC1. The van der Waals surface area contributed by atoms with Gasteiger partial charge in [0.1, 0.15) is 11.7 Å². The summed E-state index contributed by atoms with van der Waals surface area (Å²) in [5.41, 5.74) is 0.110. The highest BCUT2D eigenvalue weighted by atomic mass is 79.9. The third kappa shape index (κ3) is 2.79. The summed E-state index contributed by atoms with van der Waals surface area (Å²) in [6.07, 6.45) is 1.68. The molecule has 1 fully saturated rings. The Bertz CT molecular complexity index is 502. The van der Waals surface area contributed by atoms with Gasteiger partial charge in [0.15, 0.2) is 0 Å². The molecule has 0 aliphatic heterocycles. The normalized spacial score (nSPS) is 16.1. The first-order valence-corrected chi connectivity index (χ1v) is 6.21. The number of nitrogens with one attached hydrogen (secondary N) is 1. The number of carboxylic acids is 1. The van der Waals surface area contributed by atoms with Crippen molar-refractivity contribution < 1.29 is 14.8 Å². The zero-order valence-electron chi connectivity index (χ0n) is 9.30. The maximum Gasteiger partial charge on any atom is 0.326 e. The summed E-state index contributed by atoms with van der Waals surface area (Å²) in [6, 6.07) is 3.66. The first-order chi connectivity index (χ1) is 8.49. The molecule has 18 heavy (non-hydrogen) atoms. The first kappa shape index (κ1) is 12.8. The molecule has 96 valence electrons. The summed E-state index contributed by atoms with van der Waals surface area (Å²) < 4.78 is 0.663. The van der Waals surface area contributed by atoms with E-state index in [0.717, 1.165) is 12.8 Å². The molecule has 1 atom stereocenters. The number of carbonyl (C=O) groups is 1. The number of halogens is 1. The summed E-state index contributed by atoms with van der Waals surface area (Å²) in [7, 11) is 0. The molecule has 2 N–H and O–H groups in total. The van der Waals surface area contributed by atoms with Crippen LogP contribution in [0.5, 0.6) is 0 Å². The first-order valence-electron chi connectivity index (χ1n) is 5.42. The third-order valence-electron chi connectivity index (χ3n) is 2.83. The second kappa shape index (κ2) is 4.93. The third-order valence-corrected chi connectivity index (χ3v) is 3.32. The Balaban J connectivity index is 2.28. The topological polar surface area (TPSA) is 92.5 Å². The molecule has 1 aromatic rings. The Hall–Kier alpha value is -1.63. The van der Waals surface area contributed by atoms with E-state index in [1.54, 1.807) is 6.07 Å². The highest BCUT2D eigenvalue weighted by Gasteiger charge is 2.37. The zero-order valence-corrected chi connectivity index (χ0v) is 10.9. The monoisotopic (exact) mass is 314 g/mol. The van der Waals surface area contributed by atoms with Gasteiger partial charge in [-0.3, -0.25) is 10.1 Å². The molecular weight excluding hydrogens is 304 g/mol. The molecule has 1 aromatic carbocycles. The zero-order chi connectivity index (χ0) is 13.3. The number of nitrogens with zero attached hydrogens (tertiary/aromatic N) is 1. The minimum absolute atomic E-state index is 0.0566. The molecule has 1 aliphatic carbocycles. The Kier molecular flexibility index (Phi) is 3.51. The number of aliphatic carboxylic acids is 1. The standard InChI is InChI=1S/C11H11BrN2O4/c12-7-3-4-9(14(17)18)8(5-7)13-10(11(15)16)6-1-2-6/h3-6,10,13H,1-2H2,(H,15,16). The summed E-state index contributed by atoms with van der Waals surface area (Å²) in [6.45, 7) is 0. The van der Waals surface area contributed by atoms with E-state index in [9.17, 15) is 14.9 Å². The van der Waals surface area contributed by atoms with Crippen molar-refractivity contribution >= 4 is 33.3 Å². The number of nitro groups is 1. The maximum absolute atomic E-state index is 11.1. The predicted octanol–water partition coefficient (Wildman–Crippen LogP) is 2.63. The Labute approximate surface area is 111 Å². The summed E-state index contributed by atoms with van der Waals surface area (Å²) in [5.74, 6) is -0.923. The lowest BCUT2D eigenvalue weighted by molar-refractivity contribution is -0.384. The van der Waals surface area contributed by atoms with Gasteiger partial charge in [-0.25, -0.2) is 4.79 Å². The molecule has 1 unspecified atom stereocenters. The quantitative estimate of drug-likeness (QED) is 0.643. The molecule has 0 amide bonds. The van der Waals surface area contributed by atoms with Crippen molar-refractivity contribution in [1.82, 2.24) is 0 Å². The van der Waals surface area contributed by atoms with Crippen LogP contribution in [0.3, 0.4) is 0 Å². The van der Waals surface area contributed by atoms with Crippen molar-refractivity contribution in [1.29, 1.82) is 0 Å². The van der Waals surface area contributed by atoms with Crippen LogP contribution in [0, 0.1) is 16.0 Å². The van der Waals surface area contributed by atoms with Gasteiger partial charge in [-0.05, 0) is 30.9 Å². The van der Waals surface area contributed by atoms with Crippen LogP contribution in [-0.2, 0) is 4.79 Å². The summed E-state index contributed by atoms with van der Waals surface area (Å²) in [5, 5.41) is 22.7. The largest absolute Gasteiger partial charge is 0.480 e. The number of hydrogen-bond acceptors (Lipinski definition) is 4. The lowest BCUT2D eigenvalue weighted by atomic mass is 10.1. The van der Waals surface area contributed by atoms with Gasteiger partial charge < -0.3 is 10.4 Å². The minimum Gasteiger partial charge on any atom is -0.480 e. The van der Waals surface area contributed by atoms with Gasteiger partial charge in [0.05, 0.1) is 4.92 Å². The number of carboxylic acid groups (broad SMARTS) is 1. The Morgan fingerprint density at radius 2 is 2.22 bits per heavy atom. The van der Waals surface area contributed by atoms with Gasteiger partial charge in [0, 0.05) is 10.5 Å². The fourth-order valence-corrected chi connectivity index (χ4v) is 2.12. The minimum atomic E-state index is -0.980. The van der Waals surface area contributed by atoms with E-state index in [-0.39, 0.29) is 17.3 Å². The van der Waals surface area contributed by atoms with E-state index in [4.69, 9.17) is 5.11 Å². The number of anilines is 1. The number of hydrogen-bond donors (Lipinski definition) is 2. The van der Waals surface area contributed by atoms with Crippen LogP contribution in [0.1, 0.15) is 12.8 Å². The molecule has 0 aromatic heterocycles. The molecular formula is C11H11BrN2O4. The fraction of sp³-hybridized carbons (Fsp3) is 0.364. The van der Waals surface area contributed by atoms with Crippen LogP contribution in [0.4, 0.5) is 11.4 Å². The van der Waals surface area contributed by atoms with Crippen LogP contribution in [0.2, 0.25) is 0 Å². The average molecular weight is 315 g/mol. The second-order valence-corrected chi connectivity index (χ2v) is 5.13. The van der Waals surface area contributed by atoms with Gasteiger partial charge in [-0.15, -0.1) is 0 Å². The van der Waals surface area contributed by atoms with Gasteiger partial charge in [-0.1, -0.05) is 15.9 Å². The van der Waals surface area contributed by atoms with E-state index in [0.29, 0.717) is 4.47 Å². The van der Waals surface area contributed by atoms with Crippen LogP contribution in [0.25, 0.3) is 0 Å². The van der Waals surface area contributed by atoms with Crippen molar-refractivity contribution in [3.63, 3.8) is 0 Å². The fourth-order valence-electron chi connectivity index (χ4n) is 1.76. The summed E-state index contributed by atoms with van der Waals surface area (Å²) in [4.78, 5) is 21.5. The second-order valence-electron chi connectivity index (χ2n) is 4.22. The molecule has 7 heteroatoms. The van der Waals surface area contributed by atoms with E-state index in [1.807, 2.05) is 0 Å². The Morgan fingerprint density at radius 3 is 2.72 bits per heavy atom. The van der Waals surface area contributed by atoms with E-state index >= 15 is 0 Å². The molecule has 0 heterocycles. The van der Waals surface area contributed by atoms with Crippen molar-refractivity contribution in [3.05, 3.63) is 32.8 Å². The number of benzene rings is 1. The molecule has 0 radical (unpaired) electrons. The molecule has 0 spiro atoms. The maximum atomic E-state index is 11.1. The van der Waals surface area contributed by atoms with Crippen molar-refractivity contribution in [2.75, 3.05) is 5.32 Å². The van der Waals surface area contributed by atoms with Crippen LogP contribution < -0.4 is 5.32 Å². The molecule has 6 nitrogen and oxygen atoms in total. The summed E-state index contributed by atoms with van der Waals surface area (Å²) >= 11 is 3.22. The van der Waals surface area contributed by atoms with E-state index < -0.39 is 16.9 Å². The van der Waals surface area contributed by atoms with Gasteiger partial charge in [-0.2, -0.15) is 0 Å². The number of nitro benzene ring substituents is 1. The molecule has 2 rings (SSSR count). The van der Waals surface area contributed by atoms with Crippen molar-refractivity contribution in [3.8, 4) is 0 Å². The van der Waals surface area contributed by atoms with Crippen LogP contribution in [-0.4, -0.2) is 22.0 Å². The van der Waals surface area contributed by atoms with Crippen LogP contribution >= 0.6 is 15.9 Å². The molecule has 1 saturated carbocycles. The highest BCUT2D eigenvalue weighted by molar-refractivity contribution is 9.10. The highest BCUT2D eigenvalue weighted by Crippen LogP contribution is 2.36. The molecule has 0 bridgehead atoms. The van der Waals surface area contributed by atoms with Crippen molar-refractivity contribution in [2.45, 2.75) is 18.9 Å². The van der Waals surface area contributed by atoms with Gasteiger partial charge in [0.25, 0.3) is 5.69 Å². The van der Waals surface area contributed by atoms with E-state index in [1.165, 1.54) is 12.1 Å². The van der Waals surface area contributed by atoms with Crippen LogP contribution in [0.15, 0.2) is 22.7 Å². The lowest BCUT2D eigenvalue weighted by Gasteiger charge is -2.15. The predicted molar refractivity (Wildman–Crippen MR) is 68.6 cm³/mol. The lowest BCUT2D eigenvalue weighted by Crippen LogP contribution is -2.31. The smallest absolute Gasteiger partial charge is 0.326 e. The van der Waals surface area contributed by atoms with E-state index in [2.05, 4.69) is 21.2 Å². The number of rotatable bonds is 5. The molecule has 0 saturated heterocycles.